The third kappa shape index (κ3) is 8.64. The van der Waals surface area contributed by atoms with Crippen LogP contribution in [0.4, 0.5) is 0 Å². The van der Waals surface area contributed by atoms with Crippen LogP contribution in [0.25, 0.3) is 0 Å². The van der Waals surface area contributed by atoms with E-state index in [1.807, 2.05) is 0 Å². The minimum absolute atomic E-state index is 0.0953. The molecule has 0 unspecified atom stereocenters. The molecule has 2 aliphatic rings. The summed E-state index contributed by atoms with van der Waals surface area (Å²) in [5.74, 6) is -0.613. The van der Waals surface area contributed by atoms with E-state index in [4.69, 9.17) is 4.74 Å². The second-order valence-electron chi connectivity index (χ2n) is 10.7. The summed E-state index contributed by atoms with van der Waals surface area (Å²) in [6.07, 6.45) is 9.19. The number of carbonyl (C=O) groups excluding carboxylic acids is 3. The molecule has 3 rings (SSSR count). The Hall–Kier alpha value is -2.78. The fourth-order valence-corrected chi connectivity index (χ4v) is 5.28. The number of amides is 3. The maximum Gasteiger partial charge on any atom is 0.283 e. The van der Waals surface area contributed by atoms with E-state index in [1.54, 1.807) is 25.1 Å². The maximum atomic E-state index is 13.2. The summed E-state index contributed by atoms with van der Waals surface area (Å²) >= 11 is 0. The van der Waals surface area contributed by atoms with Crippen LogP contribution in [0, 0.1) is 0 Å². The van der Waals surface area contributed by atoms with Gasteiger partial charge in [-0.15, -0.1) is 0 Å². The van der Waals surface area contributed by atoms with Gasteiger partial charge in [0, 0.05) is 41.5 Å². The highest BCUT2D eigenvalue weighted by atomic mass is 16.5. The summed E-state index contributed by atoms with van der Waals surface area (Å²) in [5.41, 5.74) is 0.695. The minimum atomic E-state index is -0.432. The second kappa shape index (κ2) is 13.7. The van der Waals surface area contributed by atoms with Crippen molar-refractivity contribution in [2.24, 2.45) is 4.99 Å². The zero-order valence-corrected chi connectivity index (χ0v) is 23.0. The van der Waals surface area contributed by atoms with Crippen LogP contribution in [0.2, 0.25) is 0 Å². The Morgan fingerprint density at radius 1 is 0.811 bits per heavy atom. The van der Waals surface area contributed by atoms with Crippen molar-refractivity contribution in [3.63, 3.8) is 0 Å². The molecule has 0 spiro atoms. The van der Waals surface area contributed by atoms with Gasteiger partial charge in [-0.1, -0.05) is 0 Å². The van der Waals surface area contributed by atoms with Crippen LogP contribution in [0.3, 0.4) is 0 Å². The Bertz CT molecular complexity index is 901. The highest BCUT2D eigenvalue weighted by Crippen LogP contribution is 2.25. The Morgan fingerprint density at radius 2 is 1.24 bits per heavy atom. The molecule has 0 bridgehead atoms. The first kappa shape index (κ1) is 28.8. The van der Waals surface area contributed by atoms with Crippen molar-refractivity contribution in [3.05, 3.63) is 29.3 Å². The fraction of sp³-hybridized carbons (Fsp3) is 0.643. The lowest BCUT2D eigenvalue weighted by molar-refractivity contribution is -0.119. The van der Waals surface area contributed by atoms with Crippen molar-refractivity contribution in [1.29, 1.82) is 0 Å². The number of benzene rings is 1. The van der Waals surface area contributed by atoms with Crippen molar-refractivity contribution in [2.45, 2.75) is 82.5 Å². The van der Waals surface area contributed by atoms with Crippen molar-refractivity contribution in [1.82, 2.24) is 20.4 Å². The lowest BCUT2D eigenvalue weighted by Crippen LogP contribution is -2.42. The lowest BCUT2D eigenvalue weighted by Gasteiger charge is -2.33. The number of hydrogen-bond acceptors (Lipinski definition) is 6. The summed E-state index contributed by atoms with van der Waals surface area (Å²) in [6.45, 7) is 1.39. The molecular weight excluding hydrogens is 470 g/mol. The lowest BCUT2D eigenvalue weighted by atomic mass is 9.90. The maximum absolute atomic E-state index is 13.2. The average Bonchev–Trinajstić information content (AvgIpc) is 2.88. The molecule has 204 valence electrons. The first-order valence-electron chi connectivity index (χ1n) is 13.4. The van der Waals surface area contributed by atoms with Gasteiger partial charge >= 0.3 is 0 Å². The Kier molecular flexibility index (Phi) is 10.6. The van der Waals surface area contributed by atoms with Gasteiger partial charge in [0.25, 0.3) is 17.7 Å². The SMILES string of the molecule is CC=NC(=O)COc1cc(C(=O)NC2CCC(N(C)C)CC2)cc(C(=O)NC2CCC(N(C)C)CC2)c1. The van der Waals surface area contributed by atoms with Crippen molar-refractivity contribution in [2.75, 3.05) is 34.8 Å². The summed E-state index contributed by atoms with van der Waals surface area (Å²) in [6, 6.07) is 6.05. The highest BCUT2D eigenvalue weighted by Gasteiger charge is 2.26. The molecule has 9 nitrogen and oxygen atoms in total. The molecule has 9 heteroatoms. The van der Waals surface area contributed by atoms with E-state index in [0.717, 1.165) is 51.4 Å². The number of ether oxygens (including phenoxy) is 1. The van der Waals surface area contributed by atoms with Crippen molar-refractivity contribution < 1.29 is 19.1 Å². The first-order chi connectivity index (χ1) is 17.7. The predicted octanol–water partition coefficient (Wildman–Crippen LogP) is 2.89. The molecule has 0 aliphatic heterocycles. The molecule has 2 saturated carbocycles. The summed E-state index contributed by atoms with van der Waals surface area (Å²) < 4.78 is 5.63. The van der Waals surface area contributed by atoms with Crippen LogP contribution in [0.5, 0.6) is 5.75 Å². The molecule has 0 aromatic heterocycles. The molecular formula is C28H43N5O4. The van der Waals surface area contributed by atoms with E-state index >= 15 is 0 Å². The van der Waals surface area contributed by atoms with Gasteiger partial charge in [0.1, 0.15) is 5.75 Å². The molecule has 2 fully saturated rings. The molecule has 0 atom stereocenters. The van der Waals surface area contributed by atoms with Gasteiger partial charge in [-0.3, -0.25) is 14.4 Å². The molecule has 3 amide bonds. The smallest absolute Gasteiger partial charge is 0.283 e. The Morgan fingerprint density at radius 3 is 1.62 bits per heavy atom. The van der Waals surface area contributed by atoms with Crippen LogP contribution in [0.15, 0.2) is 23.2 Å². The molecule has 0 radical (unpaired) electrons. The Balaban J connectivity index is 1.70. The van der Waals surface area contributed by atoms with Gasteiger partial charge in [0.2, 0.25) is 0 Å². The van der Waals surface area contributed by atoms with E-state index in [9.17, 15) is 14.4 Å². The molecule has 0 saturated heterocycles. The standard InChI is InChI=1S/C28H43N5O4/c1-6-29-26(34)18-37-25-16-19(27(35)30-21-7-11-23(12-8-21)32(2)3)15-20(17-25)28(36)31-22-9-13-24(14-10-22)33(4)5/h6,15-17,21-24H,7-14,18H2,1-5H3,(H,30,35)(H,31,36). The number of carbonyl (C=O) groups is 3. The van der Waals surface area contributed by atoms with E-state index in [0.29, 0.717) is 29.0 Å². The van der Waals surface area contributed by atoms with Gasteiger partial charge in [-0.05, 0) is 105 Å². The summed E-state index contributed by atoms with van der Waals surface area (Å²) in [5, 5.41) is 6.26. The Labute approximate surface area is 221 Å². The van der Waals surface area contributed by atoms with E-state index in [1.165, 1.54) is 6.21 Å². The largest absolute Gasteiger partial charge is 0.484 e. The zero-order chi connectivity index (χ0) is 26.9. The predicted molar refractivity (Wildman–Crippen MR) is 146 cm³/mol. The number of rotatable bonds is 9. The fourth-order valence-electron chi connectivity index (χ4n) is 5.28. The zero-order valence-electron chi connectivity index (χ0n) is 23.0. The van der Waals surface area contributed by atoms with Crippen LogP contribution in [0.1, 0.15) is 79.0 Å². The van der Waals surface area contributed by atoms with Gasteiger partial charge in [-0.25, -0.2) is 4.99 Å². The van der Waals surface area contributed by atoms with E-state index < -0.39 is 5.91 Å². The van der Waals surface area contributed by atoms with E-state index in [2.05, 4.69) is 53.6 Å². The number of aliphatic imine (C=N–C) groups is 1. The molecule has 37 heavy (non-hydrogen) atoms. The molecule has 0 heterocycles. The topological polar surface area (TPSA) is 103 Å². The quantitative estimate of drug-likeness (QED) is 0.492. The van der Waals surface area contributed by atoms with Crippen LogP contribution in [-0.4, -0.2) is 92.7 Å². The third-order valence-corrected chi connectivity index (χ3v) is 7.59. The van der Waals surface area contributed by atoms with Crippen molar-refractivity contribution in [3.8, 4) is 5.75 Å². The highest BCUT2D eigenvalue weighted by molar-refractivity contribution is 6.00. The van der Waals surface area contributed by atoms with Crippen LogP contribution in [-0.2, 0) is 4.79 Å². The first-order valence-corrected chi connectivity index (χ1v) is 13.4. The number of hydrogen-bond donors (Lipinski definition) is 2. The van der Waals surface area contributed by atoms with Crippen LogP contribution < -0.4 is 15.4 Å². The summed E-state index contributed by atoms with van der Waals surface area (Å²) in [7, 11) is 8.36. The van der Waals surface area contributed by atoms with Gasteiger partial charge in [0.15, 0.2) is 6.61 Å². The normalized spacial score (nSPS) is 24.3. The van der Waals surface area contributed by atoms with Gasteiger partial charge < -0.3 is 25.2 Å². The van der Waals surface area contributed by atoms with Gasteiger partial charge in [0.05, 0.1) is 0 Å². The molecule has 1 aromatic rings. The minimum Gasteiger partial charge on any atom is -0.484 e. The van der Waals surface area contributed by atoms with Crippen LogP contribution >= 0.6 is 0 Å². The third-order valence-electron chi connectivity index (χ3n) is 7.59. The average molecular weight is 514 g/mol. The number of nitrogens with zero attached hydrogens (tertiary/aromatic N) is 3. The van der Waals surface area contributed by atoms with Crippen molar-refractivity contribution >= 4 is 23.9 Å². The molecule has 1 aromatic carbocycles. The second-order valence-corrected chi connectivity index (χ2v) is 10.7. The van der Waals surface area contributed by atoms with E-state index in [-0.39, 0.29) is 30.5 Å². The summed E-state index contributed by atoms with van der Waals surface area (Å²) in [4.78, 5) is 46.4. The van der Waals surface area contributed by atoms with Gasteiger partial charge in [-0.2, -0.15) is 0 Å². The molecule has 2 N–H and O–H groups in total. The molecule has 2 aliphatic carbocycles. The number of nitrogens with one attached hydrogen (secondary N) is 2. The monoisotopic (exact) mass is 513 g/mol.